The van der Waals surface area contributed by atoms with Gasteiger partial charge in [0.2, 0.25) is 15.9 Å². The topological polar surface area (TPSA) is 66.5 Å². The molecule has 0 aromatic heterocycles. The van der Waals surface area contributed by atoms with E-state index in [4.69, 9.17) is 23.2 Å². The molecular formula is C23H21BrCl2N2O3S. The van der Waals surface area contributed by atoms with Crippen molar-refractivity contribution < 1.29 is 13.2 Å². The number of sulfonamides is 1. The maximum absolute atomic E-state index is 13.3. The number of halogens is 3. The van der Waals surface area contributed by atoms with Crippen LogP contribution in [0.3, 0.4) is 0 Å². The SMILES string of the molecule is C[C@@H](NC(=O)CN(Cc1ccc(Cl)cc1)S(=O)(=O)c1ccc(Br)cc1)c1ccc(Cl)cc1. The van der Waals surface area contributed by atoms with Crippen molar-refractivity contribution in [2.45, 2.75) is 24.4 Å². The van der Waals surface area contributed by atoms with E-state index >= 15 is 0 Å². The highest BCUT2D eigenvalue weighted by atomic mass is 79.9. The van der Waals surface area contributed by atoms with Crippen LogP contribution in [0.2, 0.25) is 10.0 Å². The summed E-state index contributed by atoms with van der Waals surface area (Å²) in [5, 5.41) is 4.00. The minimum absolute atomic E-state index is 0.0261. The Balaban J connectivity index is 1.82. The smallest absolute Gasteiger partial charge is 0.243 e. The number of nitrogens with zero attached hydrogens (tertiary/aromatic N) is 1. The highest BCUT2D eigenvalue weighted by Gasteiger charge is 2.27. The van der Waals surface area contributed by atoms with Gasteiger partial charge in [0.1, 0.15) is 0 Å². The van der Waals surface area contributed by atoms with Crippen molar-refractivity contribution in [3.05, 3.63) is 98.4 Å². The van der Waals surface area contributed by atoms with Gasteiger partial charge in [0, 0.05) is 21.1 Å². The van der Waals surface area contributed by atoms with Gasteiger partial charge in [-0.05, 0) is 66.6 Å². The van der Waals surface area contributed by atoms with Crippen LogP contribution in [-0.4, -0.2) is 25.2 Å². The van der Waals surface area contributed by atoms with Gasteiger partial charge in [0.15, 0.2) is 0 Å². The molecule has 3 rings (SSSR count). The molecule has 0 spiro atoms. The summed E-state index contributed by atoms with van der Waals surface area (Å²) in [4.78, 5) is 12.9. The number of hydrogen-bond donors (Lipinski definition) is 1. The van der Waals surface area contributed by atoms with E-state index in [9.17, 15) is 13.2 Å². The maximum atomic E-state index is 13.3. The first-order chi connectivity index (χ1) is 15.1. The number of amides is 1. The monoisotopic (exact) mass is 554 g/mol. The molecule has 5 nitrogen and oxygen atoms in total. The van der Waals surface area contributed by atoms with Crippen molar-refractivity contribution in [3.8, 4) is 0 Å². The van der Waals surface area contributed by atoms with Crippen molar-refractivity contribution in [3.63, 3.8) is 0 Å². The Hall–Kier alpha value is -1.90. The normalized spacial score (nSPS) is 12.5. The van der Waals surface area contributed by atoms with Gasteiger partial charge in [-0.2, -0.15) is 4.31 Å². The summed E-state index contributed by atoms with van der Waals surface area (Å²) < 4.78 is 28.6. The van der Waals surface area contributed by atoms with E-state index in [1.165, 1.54) is 12.1 Å². The predicted octanol–water partition coefficient (Wildman–Crippen LogP) is 5.82. The highest BCUT2D eigenvalue weighted by molar-refractivity contribution is 9.10. The van der Waals surface area contributed by atoms with Gasteiger partial charge in [-0.15, -0.1) is 0 Å². The Morgan fingerprint density at radius 3 is 2.03 bits per heavy atom. The summed E-state index contributed by atoms with van der Waals surface area (Å²) in [6, 6.07) is 19.9. The Bertz CT molecular complexity index is 1170. The van der Waals surface area contributed by atoms with E-state index in [0.29, 0.717) is 15.6 Å². The lowest BCUT2D eigenvalue weighted by Crippen LogP contribution is -2.41. The molecule has 0 aliphatic rings. The van der Waals surface area contributed by atoms with E-state index in [1.807, 2.05) is 19.1 Å². The van der Waals surface area contributed by atoms with E-state index in [-0.39, 0.29) is 24.0 Å². The molecule has 0 aliphatic heterocycles. The van der Waals surface area contributed by atoms with Crippen molar-refractivity contribution in [1.29, 1.82) is 0 Å². The molecule has 168 valence electrons. The highest BCUT2D eigenvalue weighted by Crippen LogP contribution is 2.22. The van der Waals surface area contributed by atoms with Crippen LogP contribution in [0.4, 0.5) is 0 Å². The quantitative estimate of drug-likeness (QED) is 0.380. The number of nitrogens with one attached hydrogen (secondary N) is 1. The van der Waals surface area contributed by atoms with E-state index < -0.39 is 15.9 Å². The van der Waals surface area contributed by atoms with Crippen LogP contribution in [0, 0.1) is 0 Å². The fourth-order valence-corrected chi connectivity index (χ4v) is 4.96. The average Bonchev–Trinajstić information content (AvgIpc) is 2.75. The third-order valence-corrected chi connectivity index (χ3v) is 7.63. The molecule has 0 radical (unpaired) electrons. The van der Waals surface area contributed by atoms with Gasteiger partial charge in [-0.25, -0.2) is 8.42 Å². The fraction of sp³-hybridized carbons (Fsp3) is 0.174. The molecule has 0 saturated heterocycles. The summed E-state index contributed by atoms with van der Waals surface area (Å²) in [6.07, 6.45) is 0. The average molecular weight is 556 g/mol. The van der Waals surface area contributed by atoms with Crippen LogP contribution in [0.25, 0.3) is 0 Å². The second-order valence-electron chi connectivity index (χ2n) is 7.19. The second-order valence-corrected chi connectivity index (χ2v) is 10.9. The maximum Gasteiger partial charge on any atom is 0.243 e. The van der Waals surface area contributed by atoms with Gasteiger partial charge in [0.05, 0.1) is 17.5 Å². The van der Waals surface area contributed by atoms with Crippen molar-refractivity contribution in [1.82, 2.24) is 9.62 Å². The molecule has 1 amide bonds. The molecule has 9 heteroatoms. The van der Waals surface area contributed by atoms with Gasteiger partial charge >= 0.3 is 0 Å². The molecule has 0 aliphatic carbocycles. The van der Waals surface area contributed by atoms with Crippen LogP contribution in [0.1, 0.15) is 24.1 Å². The van der Waals surface area contributed by atoms with Crippen molar-refractivity contribution >= 4 is 55.1 Å². The molecule has 0 bridgehead atoms. The Morgan fingerprint density at radius 1 is 0.938 bits per heavy atom. The molecule has 3 aromatic rings. The first-order valence-corrected chi connectivity index (χ1v) is 12.7. The summed E-state index contributed by atoms with van der Waals surface area (Å²) in [6.45, 7) is 1.52. The van der Waals surface area contributed by atoms with Gasteiger partial charge in [0.25, 0.3) is 0 Å². The molecular weight excluding hydrogens is 535 g/mol. The fourth-order valence-electron chi connectivity index (χ4n) is 3.06. The Labute approximate surface area is 206 Å². The Kier molecular flexibility index (Phi) is 8.36. The second kappa shape index (κ2) is 10.8. The molecule has 0 heterocycles. The van der Waals surface area contributed by atoms with E-state index in [2.05, 4.69) is 21.2 Å². The standard InChI is InChI=1S/C23H21BrCl2N2O3S/c1-16(18-4-10-21(26)11-5-18)27-23(29)15-28(14-17-2-8-20(25)9-3-17)32(30,31)22-12-6-19(24)7-13-22/h2-13,16H,14-15H2,1H3,(H,27,29)/t16-/m1/s1. The zero-order valence-electron chi connectivity index (χ0n) is 17.1. The van der Waals surface area contributed by atoms with E-state index in [1.54, 1.807) is 48.5 Å². The number of carbonyl (C=O) groups excluding carboxylic acids is 1. The minimum atomic E-state index is -3.93. The van der Waals surface area contributed by atoms with Crippen LogP contribution in [-0.2, 0) is 21.4 Å². The lowest BCUT2D eigenvalue weighted by atomic mass is 10.1. The number of benzene rings is 3. The van der Waals surface area contributed by atoms with Crippen LogP contribution in [0.15, 0.2) is 82.2 Å². The zero-order valence-corrected chi connectivity index (χ0v) is 21.0. The Morgan fingerprint density at radius 2 is 1.47 bits per heavy atom. The minimum Gasteiger partial charge on any atom is -0.348 e. The zero-order chi connectivity index (χ0) is 23.3. The number of hydrogen-bond acceptors (Lipinski definition) is 3. The molecule has 0 saturated carbocycles. The van der Waals surface area contributed by atoms with Crippen LogP contribution < -0.4 is 5.32 Å². The van der Waals surface area contributed by atoms with Crippen LogP contribution in [0.5, 0.6) is 0 Å². The lowest BCUT2D eigenvalue weighted by molar-refractivity contribution is -0.122. The van der Waals surface area contributed by atoms with Gasteiger partial charge in [-0.3, -0.25) is 4.79 Å². The van der Waals surface area contributed by atoms with Crippen LogP contribution >= 0.6 is 39.1 Å². The first kappa shape index (κ1) is 24.7. The molecule has 1 N–H and O–H groups in total. The summed E-state index contributed by atoms with van der Waals surface area (Å²) in [7, 11) is -3.93. The third-order valence-electron chi connectivity index (χ3n) is 4.79. The molecule has 32 heavy (non-hydrogen) atoms. The summed E-state index contributed by atoms with van der Waals surface area (Å²) in [5.74, 6) is -0.415. The predicted molar refractivity (Wildman–Crippen MR) is 131 cm³/mol. The largest absolute Gasteiger partial charge is 0.348 e. The lowest BCUT2D eigenvalue weighted by Gasteiger charge is -2.23. The number of carbonyl (C=O) groups is 1. The summed E-state index contributed by atoms with van der Waals surface area (Å²) >= 11 is 15.2. The van der Waals surface area contributed by atoms with Gasteiger partial charge < -0.3 is 5.32 Å². The van der Waals surface area contributed by atoms with Crippen molar-refractivity contribution in [2.24, 2.45) is 0 Å². The molecule has 1 atom stereocenters. The van der Waals surface area contributed by atoms with Gasteiger partial charge in [-0.1, -0.05) is 63.4 Å². The molecule has 0 unspecified atom stereocenters. The summed E-state index contributed by atoms with van der Waals surface area (Å²) in [5.41, 5.74) is 1.58. The van der Waals surface area contributed by atoms with Crippen molar-refractivity contribution in [2.75, 3.05) is 6.54 Å². The molecule has 3 aromatic carbocycles. The number of rotatable bonds is 8. The van der Waals surface area contributed by atoms with E-state index in [0.717, 1.165) is 14.3 Å². The first-order valence-electron chi connectivity index (χ1n) is 9.70. The third kappa shape index (κ3) is 6.56. The molecule has 0 fully saturated rings.